The Morgan fingerprint density at radius 2 is 2.24 bits per heavy atom. The number of rotatable bonds is 9. The van der Waals surface area contributed by atoms with E-state index in [1.807, 2.05) is 16.8 Å². The number of hydrogen-bond acceptors (Lipinski definition) is 4. The molecule has 0 radical (unpaired) electrons. The molecule has 0 aliphatic carbocycles. The molecule has 0 aliphatic heterocycles. The third kappa shape index (κ3) is 5.49. The van der Waals surface area contributed by atoms with Crippen molar-refractivity contribution in [3.63, 3.8) is 0 Å². The monoisotopic (exact) mass is 353 g/mol. The Morgan fingerprint density at radius 3 is 2.95 bits per heavy atom. The van der Waals surface area contributed by atoms with Gasteiger partial charge in [-0.15, -0.1) is 0 Å². The van der Waals surface area contributed by atoms with E-state index in [0.29, 0.717) is 6.61 Å². The van der Waals surface area contributed by atoms with Crippen molar-refractivity contribution in [2.45, 2.75) is 13.1 Å². The van der Waals surface area contributed by atoms with Gasteiger partial charge in [-0.2, -0.15) is 0 Å². The Balaban J connectivity index is 1.78. The van der Waals surface area contributed by atoms with Crippen LogP contribution in [0.5, 0.6) is 5.75 Å². The number of halogens is 1. The lowest BCUT2D eigenvalue weighted by molar-refractivity contribution is 0.199. The number of aromatic nitrogens is 2. The van der Waals surface area contributed by atoms with Crippen LogP contribution in [0.15, 0.2) is 41.4 Å². The molecule has 1 heterocycles. The molecule has 6 heteroatoms. The number of ether oxygens (including phenoxy) is 2. The fourth-order valence-electron chi connectivity index (χ4n) is 1.86. The topological polar surface area (TPSA) is 48.3 Å². The first-order valence-corrected chi connectivity index (χ1v) is 7.65. The van der Waals surface area contributed by atoms with E-state index in [1.54, 1.807) is 19.6 Å². The van der Waals surface area contributed by atoms with Crippen molar-refractivity contribution in [2.24, 2.45) is 0 Å². The molecule has 0 unspecified atom stereocenters. The van der Waals surface area contributed by atoms with Gasteiger partial charge in [-0.3, -0.25) is 0 Å². The van der Waals surface area contributed by atoms with E-state index in [0.717, 1.165) is 36.5 Å². The predicted octanol–water partition coefficient (Wildman–Crippen LogP) is 2.46. The number of methoxy groups -OCH3 is 1. The molecule has 5 nitrogen and oxygen atoms in total. The Labute approximate surface area is 133 Å². The smallest absolute Gasteiger partial charge is 0.133 e. The molecule has 0 atom stereocenters. The maximum atomic E-state index is 5.77. The second kappa shape index (κ2) is 8.81. The Hall–Kier alpha value is -1.37. The molecular weight excluding hydrogens is 334 g/mol. The number of nitrogens with one attached hydrogen (secondary N) is 1. The van der Waals surface area contributed by atoms with Crippen LogP contribution < -0.4 is 10.1 Å². The van der Waals surface area contributed by atoms with Crippen LogP contribution in [0, 0.1) is 0 Å². The normalized spacial score (nSPS) is 10.8. The third-order valence-electron chi connectivity index (χ3n) is 2.97. The highest BCUT2D eigenvalue weighted by Gasteiger charge is 2.03. The molecule has 1 aromatic heterocycles. The van der Waals surface area contributed by atoms with Gasteiger partial charge in [0.25, 0.3) is 0 Å². The van der Waals surface area contributed by atoms with Gasteiger partial charge < -0.3 is 19.4 Å². The maximum Gasteiger partial charge on any atom is 0.133 e. The molecule has 0 aliphatic rings. The van der Waals surface area contributed by atoms with Crippen LogP contribution in [0.2, 0.25) is 0 Å². The summed E-state index contributed by atoms with van der Waals surface area (Å²) in [6.45, 7) is 3.78. The minimum absolute atomic E-state index is 0.612. The van der Waals surface area contributed by atoms with Crippen molar-refractivity contribution in [1.29, 1.82) is 0 Å². The van der Waals surface area contributed by atoms with E-state index < -0.39 is 0 Å². The fraction of sp³-hybridized carbons (Fsp3) is 0.400. The van der Waals surface area contributed by atoms with Gasteiger partial charge in [0.2, 0.25) is 0 Å². The van der Waals surface area contributed by atoms with Crippen LogP contribution in [0.3, 0.4) is 0 Å². The van der Waals surface area contributed by atoms with Gasteiger partial charge in [0.05, 0.1) is 24.0 Å². The van der Waals surface area contributed by atoms with E-state index in [4.69, 9.17) is 9.47 Å². The second-order valence-electron chi connectivity index (χ2n) is 4.58. The van der Waals surface area contributed by atoms with Gasteiger partial charge in [0.15, 0.2) is 0 Å². The van der Waals surface area contributed by atoms with Crippen LogP contribution >= 0.6 is 15.9 Å². The zero-order valence-electron chi connectivity index (χ0n) is 12.1. The average molecular weight is 354 g/mol. The minimum atomic E-state index is 0.612. The van der Waals surface area contributed by atoms with Crippen LogP contribution in [0.4, 0.5) is 0 Å². The number of benzene rings is 1. The highest BCUT2D eigenvalue weighted by Crippen LogP contribution is 2.26. The number of hydrogen-bond donors (Lipinski definition) is 1. The summed E-state index contributed by atoms with van der Waals surface area (Å²) < 4.78 is 13.7. The van der Waals surface area contributed by atoms with Gasteiger partial charge in [-0.05, 0) is 33.6 Å². The Bertz CT molecular complexity index is 532. The zero-order chi connectivity index (χ0) is 14.9. The summed E-state index contributed by atoms with van der Waals surface area (Å²) in [6.07, 6.45) is 5.47. The molecule has 0 saturated carbocycles. The van der Waals surface area contributed by atoms with Gasteiger partial charge in [0, 0.05) is 32.6 Å². The Morgan fingerprint density at radius 1 is 1.33 bits per heavy atom. The SMILES string of the molecule is COCCNCc1ccc(OCCn2ccnc2)c(Br)c1. The number of imidazole rings is 1. The van der Waals surface area contributed by atoms with Crippen molar-refractivity contribution in [2.75, 3.05) is 26.9 Å². The molecule has 0 spiro atoms. The van der Waals surface area contributed by atoms with Crippen LogP contribution in [-0.2, 0) is 17.8 Å². The average Bonchev–Trinajstić information content (AvgIpc) is 2.99. The van der Waals surface area contributed by atoms with Crippen molar-refractivity contribution < 1.29 is 9.47 Å². The summed E-state index contributed by atoms with van der Waals surface area (Å²) in [4.78, 5) is 4.00. The highest BCUT2D eigenvalue weighted by atomic mass is 79.9. The molecule has 114 valence electrons. The third-order valence-corrected chi connectivity index (χ3v) is 3.59. The predicted molar refractivity (Wildman–Crippen MR) is 85.4 cm³/mol. The van der Waals surface area contributed by atoms with Gasteiger partial charge in [-0.1, -0.05) is 6.07 Å². The first-order valence-electron chi connectivity index (χ1n) is 6.86. The largest absolute Gasteiger partial charge is 0.491 e. The summed E-state index contributed by atoms with van der Waals surface area (Å²) in [5.74, 6) is 0.857. The highest BCUT2D eigenvalue weighted by molar-refractivity contribution is 9.10. The quantitative estimate of drug-likeness (QED) is 0.703. The molecular formula is C15H20BrN3O2. The van der Waals surface area contributed by atoms with Gasteiger partial charge in [-0.25, -0.2) is 4.98 Å². The summed E-state index contributed by atoms with van der Waals surface area (Å²) in [7, 11) is 1.70. The first kappa shape index (κ1) is 16.0. The van der Waals surface area contributed by atoms with Crippen molar-refractivity contribution >= 4 is 15.9 Å². The summed E-state index contributed by atoms with van der Waals surface area (Å²) >= 11 is 3.55. The zero-order valence-corrected chi connectivity index (χ0v) is 13.7. The Kier molecular flexibility index (Phi) is 6.72. The molecule has 0 fully saturated rings. The first-order chi connectivity index (χ1) is 10.3. The molecule has 21 heavy (non-hydrogen) atoms. The van der Waals surface area contributed by atoms with Crippen molar-refractivity contribution in [1.82, 2.24) is 14.9 Å². The molecule has 0 saturated heterocycles. The van der Waals surface area contributed by atoms with Crippen LogP contribution in [0.25, 0.3) is 0 Å². The molecule has 1 aromatic carbocycles. The number of nitrogens with zero attached hydrogens (tertiary/aromatic N) is 2. The minimum Gasteiger partial charge on any atom is -0.491 e. The summed E-state index contributed by atoms with van der Waals surface area (Å²) in [5, 5.41) is 3.31. The van der Waals surface area contributed by atoms with E-state index in [9.17, 15) is 0 Å². The van der Waals surface area contributed by atoms with E-state index in [1.165, 1.54) is 5.56 Å². The van der Waals surface area contributed by atoms with Gasteiger partial charge in [0.1, 0.15) is 12.4 Å². The summed E-state index contributed by atoms with van der Waals surface area (Å²) in [6, 6.07) is 6.13. The van der Waals surface area contributed by atoms with Crippen molar-refractivity contribution in [3.8, 4) is 5.75 Å². The van der Waals surface area contributed by atoms with Gasteiger partial charge >= 0.3 is 0 Å². The molecule has 2 rings (SSSR count). The standard InChI is InChI=1S/C15H20BrN3O2/c1-20-8-5-17-11-13-2-3-15(14(16)10-13)21-9-7-19-6-4-18-12-19/h2-4,6,10,12,17H,5,7-9,11H2,1H3. The lowest BCUT2D eigenvalue weighted by Gasteiger charge is -2.10. The molecule has 0 bridgehead atoms. The second-order valence-corrected chi connectivity index (χ2v) is 5.44. The lowest BCUT2D eigenvalue weighted by atomic mass is 10.2. The van der Waals surface area contributed by atoms with E-state index in [2.05, 4.69) is 38.4 Å². The molecule has 0 amide bonds. The van der Waals surface area contributed by atoms with Crippen LogP contribution in [0.1, 0.15) is 5.56 Å². The lowest BCUT2D eigenvalue weighted by Crippen LogP contribution is -2.18. The van der Waals surface area contributed by atoms with Crippen LogP contribution in [-0.4, -0.2) is 36.4 Å². The summed E-state index contributed by atoms with van der Waals surface area (Å²) in [5.41, 5.74) is 1.21. The maximum absolute atomic E-state index is 5.77. The fourth-order valence-corrected chi connectivity index (χ4v) is 2.40. The van der Waals surface area contributed by atoms with E-state index in [-0.39, 0.29) is 0 Å². The van der Waals surface area contributed by atoms with E-state index >= 15 is 0 Å². The molecule has 2 aromatic rings. The molecule has 1 N–H and O–H groups in total. The van der Waals surface area contributed by atoms with Crippen molar-refractivity contribution in [3.05, 3.63) is 47.0 Å².